The first kappa shape index (κ1) is 18.8. The second-order valence-corrected chi connectivity index (χ2v) is 7.52. The number of amides is 1. The minimum absolute atomic E-state index is 0.0841. The predicted molar refractivity (Wildman–Crippen MR) is 109 cm³/mol. The van der Waals surface area contributed by atoms with Crippen LogP contribution in [0.15, 0.2) is 42.5 Å². The SMILES string of the molecule is NC(=O)c1ccc2c(c1)CCOC2CCN1CCN(c2ccc(O)cc2)CC1. The summed E-state index contributed by atoms with van der Waals surface area (Å²) in [6.45, 7) is 5.67. The van der Waals surface area contributed by atoms with Crippen molar-refractivity contribution in [2.24, 2.45) is 5.73 Å². The highest BCUT2D eigenvalue weighted by Crippen LogP contribution is 2.31. The molecule has 1 atom stereocenters. The number of hydrogen-bond acceptors (Lipinski definition) is 5. The minimum atomic E-state index is -0.377. The zero-order valence-electron chi connectivity index (χ0n) is 16.0. The molecule has 148 valence electrons. The van der Waals surface area contributed by atoms with Crippen LogP contribution in [0.5, 0.6) is 5.75 Å². The number of piperazine rings is 1. The zero-order valence-corrected chi connectivity index (χ0v) is 16.0. The van der Waals surface area contributed by atoms with Crippen LogP contribution in [0.1, 0.15) is 34.0 Å². The lowest BCUT2D eigenvalue weighted by molar-refractivity contribution is 0.0289. The van der Waals surface area contributed by atoms with Crippen LogP contribution in [0.4, 0.5) is 5.69 Å². The fourth-order valence-electron chi connectivity index (χ4n) is 4.12. The van der Waals surface area contributed by atoms with Gasteiger partial charge in [-0.05, 0) is 60.4 Å². The van der Waals surface area contributed by atoms with Crippen LogP contribution in [0.2, 0.25) is 0 Å². The Morgan fingerprint density at radius 3 is 2.57 bits per heavy atom. The summed E-state index contributed by atoms with van der Waals surface area (Å²) in [5.74, 6) is -0.0737. The Morgan fingerprint density at radius 2 is 1.86 bits per heavy atom. The van der Waals surface area contributed by atoms with Gasteiger partial charge in [-0.25, -0.2) is 0 Å². The summed E-state index contributed by atoms with van der Waals surface area (Å²) in [6.07, 6.45) is 1.86. The Morgan fingerprint density at radius 1 is 1.11 bits per heavy atom. The topological polar surface area (TPSA) is 79.0 Å². The van der Waals surface area contributed by atoms with Crippen molar-refractivity contribution in [3.05, 3.63) is 59.2 Å². The molecule has 2 aliphatic rings. The van der Waals surface area contributed by atoms with Gasteiger partial charge in [-0.15, -0.1) is 0 Å². The summed E-state index contributed by atoms with van der Waals surface area (Å²) < 4.78 is 6.02. The molecule has 2 aromatic carbocycles. The smallest absolute Gasteiger partial charge is 0.248 e. The van der Waals surface area contributed by atoms with Gasteiger partial charge in [0, 0.05) is 44.0 Å². The van der Waals surface area contributed by atoms with Crippen LogP contribution in [0.25, 0.3) is 0 Å². The third-order valence-corrected chi connectivity index (χ3v) is 5.76. The van der Waals surface area contributed by atoms with Crippen molar-refractivity contribution in [3.8, 4) is 5.75 Å². The first-order chi connectivity index (χ1) is 13.6. The van der Waals surface area contributed by atoms with Crippen molar-refractivity contribution < 1.29 is 14.6 Å². The van der Waals surface area contributed by atoms with Crippen molar-refractivity contribution in [1.29, 1.82) is 0 Å². The van der Waals surface area contributed by atoms with E-state index < -0.39 is 0 Å². The number of ether oxygens (including phenoxy) is 1. The summed E-state index contributed by atoms with van der Waals surface area (Å²) in [4.78, 5) is 16.2. The number of carbonyl (C=O) groups excluding carboxylic acids is 1. The van der Waals surface area contributed by atoms with E-state index >= 15 is 0 Å². The van der Waals surface area contributed by atoms with Gasteiger partial charge in [0.15, 0.2) is 0 Å². The van der Waals surface area contributed by atoms with Crippen molar-refractivity contribution in [2.75, 3.05) is 44.2 Å². The molecule has 2 heterocycles. The van der Waals surface area contributed by atoms with Gasteiger partial charge >= 0.3 is 0 Å². The Kier molecular flexibility index (Phi) is 5.50. The number of phenols is 1. The van der Waals surface area contributed by atoms with Crippen LogP contribution >= 0.6 is 0 Å². The summed E-state index contributed by atoms with van der Waals surface area (Å²) in [5.41, 5.74) is 9.52. The van der Waals surface area contributed by atoms with Gasteiger partial charge in [0.05, 0.1) is 12.7 Å². The van der Waals surface area contributed by atoms with E-state index in [4.69, 9.17) is 10.5 Å². The van der Waals surface area contributed by atoms with Crippen molar-refractivity contribution in [3.63, 3.8) is 0 Å². The van der Waals surface area contributed by atoms with E-state index in [2.05, 4.69) is 9.80 Å². The van der Waals surface area contributed by atoms with Gasteiger partial charge in [0.2, 0.25) is 5.91 Å². The normalized spacial score (nSPS) is 20.0. The van der Waals surface area contributed by atoms with Crippen molar-refractivity contribution in [2.45, 2.75) is 18.9 Å². The van der Waals surface area contributed by atoms with E-state index in [-0.39, 0.29) is 12.0 Å². The number of primary amides is 1. The number of aromatic hydroxyl groups is 1. The molecule has 1 saturated heterocycles. The lowest BCUT2D eigenvalue weighted by Crippen LogP contribution is -2.46. The maximum absolute atomic E-state index is 11.4. The number of carbonyl (C=O) groups is 1. The highest BCUT2D eigenvalue weighted by Gasteiger charge is 2.24. The standard InChI is InChI=1S/C22H27N3O3/c23-22(27)17-1-6-20-16(15-17)8-14-28-21(20)7-9-24-10-12-25(13-11-24)18-2-4-19(26)5-3-18/h1-6,15,21,26H,7-14H2,(H2,23,27). The van der Waals surface area contributed by atoms with Crippen LogP contribution in [0.3, 0.4) is 0 Å². The molecule has 0 radical (unpaired) electrons. The first-order valence-corrected chi connectivity index (χ1v) is 9.91. The number of rotatable bonds is 5. The molecule has 0 saturated carbocycles. The molecule has 1 fully saturated rings. The molecule has 2 aromatic rings. The van der Waals surface area contributed by atoms with Gasteiger partial charge in [0.25, 0.3) is 0 Å². The second-order valence-electron chi connectivity index (χ2n) is 7.52. The van der Waals surface area contributed by atoms with E-state index in [1.807, 2.05) is 24.3 Å². The minimum Gasteiger partial charge on any atom is -0.508 e. The molecule has 1 amide bonds. The zero-order chi connectivity index (χ0) is 19.5. The van der Waals surface area contributed by atoms with Gasteiger partial charge in [-0.2, -0.15) is 0 Å². The number of nitrogens with zero attached hydrogens (tertiary/aromatic N) is 2. The summed E-state index contributed by atoms with van der Waals surface area (Å²) in [5, 5.41) is 9.44. The molecule has 0 aliphatic carbocycles. The number of anilines is 1. The summed E-state index contributed by atoms with van der Waals surface area (Å²) in [7, 11) is 0. The number of nitrogens with two attached hydrogens (primary N) is 1. The third-order valence-electron chi connectivity index (χ3n) is 5.76. The van der Waals surface area contributed by atoms with E-state index in [1.165, 1.54) is 11.1 Å². The largest absolute Gasteiger partial charge is 0.508 e. The molecule has 0 aromatic heterocycles. The van der Waals surface area contributed by atoms with Gasteiger partial charge in [0.1, 0.15) is 5.75 Å². The number of benzene rings is 2. The quantitative estimate of drug-likeness (QED) is 0.831. The van der Waals surface area contributed by atoms with Crippen molar-refractivity contribution >= 4 is 11.6 Å². The Labute approximate surface area is 165 Å². The molecule has 0 spiro atoms. The lowest BCUT2D eigenvalue weighted by Gasteiger charge is -2.37. The van der Waals surface area contributed by atoms with Gasteiger partial charge in [-0.1, -0.05) is 6.07 Å². The molecule has 2 aliphatic heterocycles. The van der Waals surface area contributed by atoms with Gasteiger partial charge in [-0.3, -0.25) is 9.69 Å². The van der Waals surface area contributed by atoms with Crippen LogP contribution in [-0.2, 0) is 11.2 Å². The molecular formula is C22H27N3O3. The molecule has 1 unspecified atom stereocenters. The molecule has 6 nitrogen and oxygen atoms in total. The van der Waals surface area contributed by atoms with E-state index in [1.54, 1.807) is 18.2 Å². The second kappa shape index (κ2) is 8.20. The van der Waals surface area contributed by atoms with Crippen LogP contribution in [-0.4, -0.2) is 55.2 Å². The van der Waals surface area contributed by atoms with E-state index in [0.717, 1.165) is 51.3 Å². The maximum atomic E-state index is 11.4. The number of hydrogen-bond donors (Lipinski definition) is 2. The molecule has 3 N–H and O–H groups in total. The number of phenolic OH excluding ortho intramolecular Hbond substituents is 1. The average molecular weight is 381 g/mol. The molecule has 28 heavy (non-hydrogen) atoms. The Bertz CT molecular complexity index is 829. The highest BCUT2D eigenvalue weighted by atomic mass is 16.5. The third kappa shape index (κ3) is 4.13. The molecule has 0 bridgehead atoms. The van der Waals surface area contributed by atoms with Crippen LogP contribution in [0, 0.1) is 0 Å². The van der Waals surface area contributed by atoms with Crippen molar-refractivity contribution in [1.82, 2.24) is 4.90 Å². The van der Waals surface area contributed by atoms with E-state index in [0.29, 0.717) is 17.9 Å². The summed E-state index contributed by atoms with van der Waals surface area (Å²) in [6, 6.07) is 13.1. The summed E-state index contributed by atoms with van der Waals surface area (Å²) >= 11 is 0. The lowest BCUT2D eigenvalue weighted by atomic mass is 9.93. The molecular weight excluding hydrogens is 354 g/mol. The molecule has 6 heteroatoms. The molecule has 4 rings (SSSR count). The predicted octanol–water partition coefficient (Wildman–Crippen LogP) is 2.32. The Balaban J connectivity index is 1.31. The highest BCUT2D eigenvalue weighted by molar-refractivity contribution is 5.93. The van der Waals surface area contributed by atoms with E-state index in [9.17, 15) is 9.90 Å². The average Bonchev–Trinajstić information content (AvgIpc) is 2.72. The Hall–Kier alpha value is -2.57. The maximum Gasteiger partial charge on any atom is 0.248 e. The fraction of sp³-hybridized carbons (Fsp3) is 0.409. The monoisotopic (exact) mass is 381 g/mol. The van der Waals surface area contributed by atoms with Crippen LogP contribution < -0.4 is 10.6 Å². The number of fused-ring (bicyclic) bond motifs is 1. The first-order valence-electron chi connectivity index (χ1n) is 9.91. The fourth-order valence-corrected chi connectivity index (χ4v) is 4.12. The van der Waals surface area contributed by atoms with Gasteiger partial charge < -0.3 is 20.5 Å².